The molecule has 0 aromatic heterocycles. The average molecular weight is 251 g/mol. The van der Waals surface area contributed by atoms with Crippen molar-refractivity contribution in [3.8, 4) is 0 Å². The van der Waals surface area contributed by atoms with Gasteiger partial charge in [0, 0.05) is 5.57 Å². The molecule has 0 radical (unpaired) electrons. The largest absolute Gasteiger partial charge is 0.482 e. The van der Waals surface area contributed by atoms with Crippen LogP contribution in [-0.4, -0.2) is 17.3 Å². The molecule has 0 amide bonds. The van der Waals surface area contributed by atoms with Crippen LogP contribution in [0, 0.1) is 10.1 Å². The molecule has 0 saturated heterocycles. The molecule has 0 aliphatic rings. The predicted molar refractivity (Wildman–Crippen MR) is 43.1 cm³/mol. The SMILES string of the molecule is C=C(C)C(F)(F)F.C=C([N+](=O)[O-])C(F)(F)F. The van der Waals surface area contributed by atoms with Crippen molar-refractivity contribution in [3.05, 3.63) is 34.5 Å². The average Bonchev–Trinajstić information content (AvgIpc) is 2.00. The van der Waals surface area contributed by atoms with Crippen molar-refractivity contribution < 1.29 is 31.3 Å². The van der Waals surface area contributed by atoms with Crippen molar-refractivity contribution in [1.29, 1.82) is 0 Å². The van der Waals surface area contributed by atoms with Gasteiger partial charge in [0.2, 0.25) is 0 Å². The van der Waals surface area contributed by atoms with E-state index in [4.69, 9.17) is 0 Å². The summed E-state index contributed by atoms with van der Waals surface area (Å²) >= 11 is 0. The van der Waals surface area contributed by atoms with Crippen molar-refractivity contribution in [2.24, 2.45) is 0 Å². The summed E-state index contributed by atoms with van der Waals surface area (Å²) in [6, 6.07) is 0. The maximum Gasteiger partial charge on any atom is 0.482 e. The van der Waals surface area contributed by atoms with Crippen LogP contribution >= 0.6 is 0 Å². The Labute approximate surface area is 86.2 Å². The molecule has 16 heavy (non-hydrogen) atoms. The Hall–Kier alpha value is -1.54. The van der Waals surface area contributed by atoms with Gasteiger partial charge in [0.25, 0.3) is 0 Å². The third kappa shape index (κ3) is 7.83. The quantitative estimate of drug-likeness (QED) is 0.310. The molecule has 0 atom stereocenters. The molecular weight excluding hydrogens is 244 g/mol. The summed E-state index contributed by atoms with van der Waals surface area (Å²) in [5.74, 6) is 0. The maximum atomic E-state index is 11.2. The zero-order valence-electron chi connectivity index (χ0n) is 7.95. The fourth-order valence-electron chi connectivity index (χ4n) is 0.104. The zero-order valence-corrected chi connectivity index (χ0v) is 7.95. The van der Waals surface area contributed by atoms with Gasteiger partial charge in [0.15, 0.2) is 0 Å². The van der Waals surface area contributed by atoms with Crippen LogP contribution in [0.2, 0.25) is 0 Å². The first kappa shape index (κ1) is 16.9. The van der Waals surface area contributed by atoms with Gasteiger partial charge in [-0.2, -0.15) is 26.3 Å². The number of allylic oxidation sites excluding steroid dienone is 2. The Morgan fingerprint density at radius 1 is 1.06 bits per heavy atom. The van der Waals surface area contributed by atoms with Crippen LogP contribution in [0.15, 0.2) is 24.4 Å². The van der Waals surface area contributed by atoms with Crippen LogP contribution in [0.25, 0.3) is 0 Å². The fraction of sp³-hybridized carbons (Fsp3) is 0.429. The lowest BCUT2D eigenvalue weighted by atomic mass is 10.3. The molecule has 0 fully saturated rings. The minimum Gasteiger partial charge on any atom is -0.258 e. The van der Waals surface area contributed by atoms with E-state index >= 15 is 0 Å². The molecule has 0 aromatic rings. The molecule has 0 unspecified atom stereocenters. The molecule has 0 aliphatic carbocycles. The molecule has 0 aromatic carbocycles. The van der Waals surface area contributed by atoms with Crippen molar-refractivity contribution in [2.45, 2.75) is 19.3 Å². The summed E-state index contributed by atoms with van der Waals surface area (Å²) in [5.41, 5.74) is -2.70. The van der Waals surface area contributed by atoms with Crippen LogP contribution in [0.3, 0.4) is 0 Å². The molecule has 0 N–H and O–H groups in total. The summed E-state index contributed by atoms with van der Waals surface area (Å²) in [4.78, 5) is 7.76. The van der Waals surface area contributed by atoms with E-state index in [1.165, 1.54) is 0 Å². The third-order valence-electron chi connectivity index (χ3n) is 1.03. The number of alkyl halides is 6. The lowest BCUT2D eigenvalue weighted by Gasteiger charge is -2.01. The Bertz CT molecular complexity index is 290. The summed E-state index contributed by atoms with van der Waals surface area (Å²) < 4.78 is 66.7. The number of nitro groups is 1. The van der Waals surface area contributed by atoms with Crippen molar-refractivity contribution >= 4 is 0 Å². The lowest BCUT2D eigenvalue weighted by Crippen LogP contribution is -2.17. The first-order chi connectivity index (χ1) is 6.80. The number of hydrogen-bond acceptors (Lipinski definition) is 2. The van der Waals surface area contributed by atoms with Gasteiger partial charge in [-0.1, -0.05) is 6.58 Å². The number of halogens is 6. The molecule has 9 heteroatoms. The van der Waals surface area contributed by atoms with Gasteiger partial charge >= 0.3 is 18.0 Å². The second-order valence-electron chi connectivity index (χ2n) is 2.48. The molecular formula is C7H7F6NO2. The van der Waals surface area contributed by atoms with Crippen LogP contribution in [0.1, 0.15) is 6.92 Å². The van der Waals surface area contributed by atoms with E-state index in [0.717, 1.165) is 6.92 Å². The number of hydrogen-bond donors (Lipinski definition) is 0. The zero-order chi connectivity index (χ0) is 13.7. The minimum atomic E-state index is -4.91. The molecule has 0 aliphatic heterocycles. The van der Waals surface area contributed by atoms with Crippen LogP contribution in [-0.2, 0) is 0 Å². The lowest BCUT2D eigenvalue weighted by molar-refractivity contribution is -0.458. The Kier molecular flexibility index (Phi) is 5.82. The highest BCUT2D eigenvalue weighted by molar-refractivity contribution is 4.96. The van der Waals surface area contributed by atoms with Gasteiger partial charge in [-0.05, 0) is 13.5 Å². The van der Waals surface area contributed by atoms with Gasteiger partial charge in [0.05, 0.1) is 4.92 Å². The fourth-order valence-corrected chi connectivity index (χ4v) is 0.104. The van der Waals surface area contributed by atoms with E-state index < -0.39 is 28.5 Å². The number of nitrogens with zero attached hydrogens (tertiary/aromatic N) is 1. The van der Waals surface area contributed by atoms with E-state index in [9.17, 15) is 36.5 Å². The third-order valence-corrected chi connectivity index (χ3v) is 1.03. The van der Waals surface area contributed by atoms with Gasteiger partial charge in [-0.15, -0.1) is 0 Å². The highest BCUT2D eigenvalue weighted by Crippen LogP contribution is 2.23. The Morgan fingerprint density at radius 2 is 1.31 bits per heavy atom. The minimum absolute atomic E-state index is 0.757. The van der Waals surface area contributed by atoms with E-state index in [1.54, 1.807) is 0 Å². The van der Waals surface area contributed by atoms with Crippen molar-refractivity contribution in [2.75, 3.05) is 0 Å². The normalized spacial score (nSPS) is 11.2. The summed E-state index contributed by atoms with van der Waals surface area (Å²) in [6.07, 6.45) is -9.11. The predicted octanol–water partition coefficient (Wildman–Crippen LogP) is 3.46. The van der Waals surface area contributed by atoms with E-state index in [2.05, 4.69) is 13.2 Å². The molecule has 94 valence electrons. The topological polar surface area (TPSA) is 43.1 Å². The second-order valence-corrected chi connectivity index (χ2v) is 2.48. The molecule has 0 spiro atoms. The van der Waals surface area contributed by atoms with Gasteiger partial charge in [0.1, 0.15) is 0 Å². The van der Waals surface area contributed by atoms with E-state index in [0.29, 0.717) is 0 Å². The van der Waals surface area contributed by atoms with Crippen molar-refractivity contribution in [3.63, 3.8) is 0 Å². The molecule has 0 heterocycles. The maximum absolute atomic E-state index is 11.2. The molecule has 0 rings (SSSR count). The van der Waals surface area contributed by atoms with Crippen LogP contribution in [0.5, 0.6) is 0 Å². The standard InChI is InChI=1S/C4H5F3.C3H2F3NO2/c1-3(2)4(5,6)7;1-2(7(8)9)3(4,5)6/h1H2,2H3;1H2. The van der Waals surface area contributed by atoms with E-state index in [1.807, 2.05) is 0 Å². The molecule has 3 nitrogen and oxygen atoms in total. The second kappa shape index (κ2) is 5.52. The highest BCUT2D eigenvalue weighted by atomic mass is 19.4. The number of rotatable bonds is 1. The molecule has 0 saturated carbocycles. The van der Waals surface area contributed by atoms with Crippen molar-refractivity contribution in [1.82, 2.24) is 0 Å². The van der Waals surface area contributed by atoms with Crippen LogP contribution < -0.4 is 0 Å². The summed E-state index contributed by atoms with van der Waals surface area (Å²) in [7, 11) is 0. The van der Waals surface area contributed by atoms with Crippen LogP contribution in [0.4, 0.5) is 26.3 Å². The molecule has 0 bridgehead atoms. The first-order valence-corrected chi connectivity index (χ1v) is 3.43. The monoisotopic (exact) mass is 251 g/mol. The summed E-state index contributed by atoms with van der Waals surface area (Å²) in [6.45, 7) is 5.83. The first-order valence-electron chi connectivity index (χ1n) is 3.43. The summed E-state index contributed by atoms with van der Waals surface area (Å²) in [5, 5.41) is 9.33. The Morgan fingerprint density at radius 3 is 1.31 bits per heavy atom. The van der Waals surface area contributed by atoms with Gasteiger partial charge in [-0.25, -0.2) is 0 Å². The smallest absolute Gasteiger partial charge is 0.258 e. The highest BCUT2D eigenvalue weighted by Gasteiger charge is 2.42. The van der Waals surface area contributed by atoms with E-state index in [-0.39, 0.29) is 0 Å². The van der Waals surface area contributed by atoms with Gasteiger partial charge in [-0.3, -0.25) is 10.1 Å². The van der Waals surface area contributed by atoms with Gasteiger partial charge < -0.3 is 0 Å². The Balaban J connectivity index is 0.